The summed E-state index contributed by atoms with van der Waals surface area (Å²) >= 11 is 0. The van der Waals surface area contributed by atoms with Gasteiger partial charge in [-0.25, -0.2) is 4.39 Å². The molecule has 0 saturated heterocycles. The first kappa shape index (κ1) is 16.1. The molecule has 0 heterocycles. The van der Waals surface area contributed by atoms with Crippen LogP contribution in [0.5, 0.6) is 17.2 Å². The molecule has 0 aliphatic carbocycles. The van der Waals surface area contributed by atoms with E-state index in [9.17, 15) is 4.39 Å². The number of hydrogen-bond donors (Lipinski definition) is 1. The SMILES string of the molecule is COc1ccc(F)cc1CNCc1cccc(OC)c1OC. The van der Waals surface area contributed by atoms with E-state index in [1.54, 1.807) is 27.4 Å². The Morgan fingerprint density at radius 3 is 2.27 bits per heavy atom. The summed E-state index contributed by atoms with van der Waals surface area (Å²) in [6.45, 7) is 1.06. The van der Waals surface area contributed by atoms with Gasteiger partial charge in [-0.05, 0) is 24.3 Å². The maximum Gasteiger partial charge on any atom is 0.165 e. The predicted molar refractivity (Wildman–Crippen MR) is 83.0 cm³/mol. The van der Waals surface area contributed by atoms with E-state index in [4.69, 9.17) is 14.2 Å². The van der Waals surface area contributed by atoms with Crippen LogP contribution in [0, 0.1) is 5.82 Å². The molecule has 4 nitrogen and oxygen atoms in total. The van der Waals surface area contributed by atoms with Gasteiger partial charge in [-0.3, -0.25) is 0 Å². The van der Waals surface area contributed by atoms with E-state index in [1.165, 1.54) is 12.1 Å². The van der Waals surface area contributed by atoms with Crippen molar-refractivity contribution in [3.63, 3.8) is 0 Å². The molecule has 0 atom stereocenters. The normalized spacial score (nSPS) is 10.4. The third-order valence-electron chi connectivity index (χ3n) is 3.36. The zero-order valence-corrected chi connectivity index (χ0v) is 13.0. The van der Waals surface area contributed by atoms with Gasteiger partial charge in [0, 0.05) is 24.2 Å². The van der Waals surface area contributed by atoms with Gasteiger partial charge in [0.1, 0.15) is 11.6 Å². The van der Waals surface area contributed by atoms with E-state index in [0.29, 0.717) is 30.3 Å². The molecule has 2 aromatic carbocycles. The average Bonchev–Trinajstić information content (AvgIpc) is 2.54. The first-order valence-electron chi connectivity index (χ1n) is 6.92. The molecule has 0 bridgehead atoms. The Kier molecular flexibility index (Phi) is 5.61. The summed E-state index contributed by atoms with van der Waals surface area (Å²) < 4.78 is 29.2. The lowest BCUT2D eigenvalue weighted by atomic mass is 10.1. The van der Waals surface area contributed by atoms with E-state index in [1.807, 2.05) is 18.2 Å². The molecule has 0 aliphatic heterocycles. The van der Waals surface area contributed by atoms with Crippen molar-refractivity contribution in [2.24, 2.45) is 0 Å². The van der Waals surface area contributed by atoms with Crippen molar-refractivity contribution in [1.82, 2.24) is 5.32 Å². The Hall–Kier alpha value is -2.27. The lowest BCUT2D eigenvalue weighted by molar-refractivity contribution is 0.350. The van der Waals surface area contributed by atoms with Crippen LogP contribution in [0.1, 0.15) is 11.1 Å². The molecule has 0 saturated carbocycles. The first-order chi connectivity index (χ1) is 10.7. The molecular formula is C17H20FNO3. The molecular weight excluding hydrogens is 285 g/mol. The van der Waals surface area contributed by atoms with Crippen LogP contribution < -0.4 is 19.5 Å². The topological polar surface area (TPSA) is 39.7 Å². The number of rotatable bonds is 7. The molecule has 2 rings (SSSR count). The van der Waals surface area contributed by atoms with Crippen LogP contribution in [-0.2, 0) is 13.1 Å². The Bertz CT molecular complexity index is 631. The fourth-order valence-corrected chi connectivity index (χ4v) is 2.31. The second-order valence-electron chi connectivity index (χ2n) is 4.71. The zero-order chi connectivity index (χ0) is 15.9. The number of methoxy groups -OCH3 is 3. The summed E-state index contributed by atoms with van der Waals surface area (Å²) in [4.78, 5) is 0. The van der Waals surface area contributed by atoms with Crippen molar-refractivity contribution in [2.75, 3.05) is 21.3 Å². The summed E-state index contributed by atoms with van der Waals surface area (Å²) in [6.07, 6.45) is 0. The highest BCUT2D eigenvalue weighted by Gasteiger charge is 2.10. The Morgan fingerprint density at radius 1 is 0.864 bits per heavy atom. The second kappa shape index (κ2) is 7.66. The standard InChI is InChI=1S/C17H20FNO3/c1-20-15-8-7-14(18)9-13(15)11-19-10-12-5-4-6-16(21-2)17(12)22-3/h4-9,19H,10-11H2,1-3H3. The van der Waals surface area contributed by atoms with Crippen molar-refractivity contribution in [3.8, 4) is 17.2 Å². The Labute approximate surface area is 129 Å². The van der Waals surface area contributed by atoms with Crippen LogP contribution >= 0.6 is 0 Å². The van der Waals surface area contributed by atoms with Gasteiger partial charge in [-0.1, -0.05) is 12.1 Å². The summed E-state index contributed by atoms with van der Waals surface area (Å²) in [5, 5.41) is 3.26. The van der Waals surface area contributed by atoms with Crippen molar-refractivity contribution >= 4 is 0 Å². The molecule has 0 spiro atoms. The summed E-state index contributed by atoms with van der Waals surface area (Å²) in [6, 6.07) is 10.2. The van der Waals surface area contributed by atoms with E-state index in [2.05, 4.69) is 5.32 Å². The molecule has 0 aromatic heterocycles. The van der Waals surface area contributed by atoms with Gasteiger partial charge >= 0.3 is 0 Å². The van der Waals surface area contributed by atoms with Gasteiger partial charge in [-0.15, -0.1) is 0 Å². The minimum atomic E-state index is -0.281. The highest BCUT2D eigenvalue weighted by atomic mass is 19.1. The monoisotopic (exact) mass is 305 g/mol. The lowest BCUT2D eigenvalue weighted by Crippen LogP contribution is -2.14. The number of nitrogens with one attached hydrogen (secondary N) is 1. The first-order valence-corrected chi connectivity index (χ1v) is 6.92. The van der Waals surface area contributed by atoms with Gasteiger partial charge in [0.25, 0.3) is 0 Å². The largest absolute Gasteiger partial charge is 0.496 e. The number of halogens is 1. The molecule has 0 aliphatic rings. The van der Waals surface area contributed by atoms with E-state index >= 15 is 0 Å². The van der Waals surface area contributed by atoms with E-state index in [0.717, 1.165) is 11.1 Å². The van der Waals surface area contributed by atoms with Crippen LogP contribution in [0.3, 0.4) is 0 Å². The van der Waals surface area contributed by atoms with Gasteiger partial charge in [0.15, 0.2) is 11.5 Å². The summed E-state index contributed by atoms with van der Waals surface area (Å²) in [5.74, 6) is 1.76. The Morgan fingerprint density at radius 2 is 1.59 bits per heavy atom. The minimum absolute atomic E-state index is 0.281. The van der Waals surface area contributed by atoms with Crippen LogP contribution in [0.4, 0.5) is 4.39 Å². The zero-order valence-electron chi connectivity index (χ0n) is 13.0. The molecule has 5 heteroatoms. The summed E-state index contributed by atoms with van der Waals surface area (Å²) in [5.41, 5.74) is 1.74. The quantitative estimate of drug-likeness (QED) is 0.853. The maximum absolute atomic E-state index is 13.3. The van der Waals surface area contributed by atoms with Crippen molar-refractivity contribution < 1.29 is 18.6 Å². The fraction of sp³-hybridized carbons (Fsp3) is 0.294. The molecule has 0 fully saturated rings. The maximum atomic E-state index is 13.3. The fourth-order valence-electron chi connectivity index (χ4n) is 2.31. The van der Waals surface area contributed by atoms with Gasteiger partial charge in [0.2, 0.25) is 0 Å². The highest BCUT2D eigenvalue weighted by molar-refractivity contribution is 5.46. The number of benzene rings is 2. The number of para-hydroxylation sites is 1. The molecule has 0 amide bonds. The van der Waals surface area contributed by atoms with E-state index < -0.39 is 0 Å². The molecule has 2 aromatic rings. The van der Waals surface area contributed by atoms with Crippen molar-refractivity contribution in [2.45, 2.75) is 13.1 Å². The van der Waals surface area contributed by atoms with Crippen LogP contribution in [0.25, 0.3) is 0 Å². The molecule has 0 unspecified atom stereocenters. The van der Waals surface area contributed by atoms with E-state index in [-0.39, 0.29) is 5.82 Å². The summed E-state index contributed by atoms with van der Waals surface area (Å²) in [7, 11) is 4.78. The van der Waals surface area contributed by atoms with Gasteiger partial charge in [-0.2, -0.15) is 0 Å². The molecule has 22 heavy (non-hydrogen) atoms. The highest BCUT2D eigenvalue weighted by Crippen LogP contribution is 2.30. The molecule has 0 radical (unpaired) electrons. The van der Waals surface area contributed by atoms with Crippen molar-refractivity contribution in [1.29, 1.82) is 0 Å². The predicted octanol–water partition coefficient (Wildman–Crippen LogP) is 3.14. The number of ether oxygens (including phenoxy) is 3. The minimum Gasteiger partial charge on any atom is -0.496 e. The number of hydrogen-bond acceptors (Lipinski definition) is 4. The van der Waals surface area contributed by atoms with Crippen LogP contribution in [0.2, 0.25) is 0 Å². The molecule has 1 N–H and O–H groups in total. The van der Waals surface area contributed by atoms with Gasteiger partial charge in [0.05, 0.1) is 21.3 Å². The van der Waals surface area contributed by atoms with Gasteiger partial charge < -0.3 is 19.5 Å². The lowest BCUT2D eigenvalue weighted by Gasteiger charge is -2.14. The average molecular weight is 305 g/mol. The smallest absolute Gasteiger partial charge is 0.165 e. The van der Waals surface area contributed by atoms with Crippen LogP contribution in [0.15, 0.2) is 36.4 Å². The van der Waals surface area contributed by atoms with Crippen LogP contribution in [-0.4, -0.2) is 21.3 Å². The van der Waals surface area contributed by atoms with Crippen molar-refractivity contribution in [3.05, 3.63) is 53.3 Å². The second-order valence-corrected chi connectivity index (χ2v) is 4.71. The Balaban J connectivity index is 2.07. The third kappa shape index (κ3) is 3.68. The molecule has 118 valence electrons. The third-order valence-corrected chi connectivity index (χ3v) is 3.36.